The number of benzene rings is 1. The molecule has 0 saturated carbocycles. The van der Waals surface area contributed by atoms with Crippen LogP contribution in [0.2, 0.25) is 0 Å². The molecule has 6 heteroatoms. The van der Waals surface area contributed by atoms with Gasteiger partial charge < -0.3 is 9.47 Å². The van der Waals surface area contributed by atoms with E-state index < -0.39 is 3.49 Å². The van der Waals surface area contributed by atoms with Crippen LogP contribution in [0.5, 0.6) is 5.75 Å². The van der Waals surface area contributed by atoms with Gasteiger partial charge in [0, 0.05) is 12.2 Å². The van der Waals surface area contributed by atoms with Crippen molar-refractivity contribution in [3.05, 3.63) is 30.3 Å². The molecule has 0 fully saturated rings. The van der Waals surface area contributed by atoms with Crippen molar-refractivity contribution in [2.45, 2.75) is 3.49 Å². The zero-order chi connectivity index (χ0) is 11.3. The minimum Gasteiger partial charge on any atom is -0.451 e. The quantitative estimate of drug-likeness (QED) is 0.605. The van der Waals surface area contributed by atoms with Crippen LogP contribution in [0.1, 0.15) is 0 Å². The van der Waals surface area contributed by atoms with Crippen molar-refractivity contribution in [1.29, 1.82) is 0 Å². The van der Waals surface area contributed by atoms with E-state index in [2.05, 4.69) is 31.9 Å². The molecule has 0 bridgehead atoms. The highest BCUT2D eigenvalue weighted by atomic mass is 79.9. The van der Waals surface area contributed by atoms with Crippen LogP contribution in [-0.2, 0) is 4.74 Å². The van der Waals surface area contributed by atoms with E-state index in [-0.39, 0.29) is 11.8 Å². The van der Waals surface area contributed by atoms with E-state index in [0.717, 1.165) is 0 Å². The van der Waals surface area contributed by atoms with Gasteiger partial charge in [-0.25, -0.2) is 4.39 Å². The standard InChI is InChI=1S/C9H7Br2FO2S/c10-9(11,12)6-13-8(15)14-7-4-2-1-3-5-7/h1-5H,6H2. The van der Waals surface area contributed by atoms with Gasteiger partial charge in [0.15, 0.2) is 0 Å². The minimum atomic E-state index is -1.79. The molecular weight excluding hydrogens is 351 g/mol. The fraction of sp³-hybridized carbons (Fsp3) is 0.222. The van der Waals surface area contributed by atoms with E-state index in [9.17, 15) is 4.39 Å². The van der Waals surface area contributed by atoms with Crippen LogP contribution in [0.25, 0.3) is 0 Å². The molecule has 0 aliphatic carbocycles. The highest BCUT2D eigenvalue weighted by Crippen LogP contribution is 2.27. The van der Waals surface area contributed by atoms with Crippen molar-refractivity contribution < 1.29 is 13.9 Å². The van der Waals surface area contributed by atoms with Gasteiger partial charge in [0.2, 0.25) is 0 Å². The van der Waals surface area contributed by atoms with Crippen LogP contribution in [0.3, 0.4) is 0 Å². The molecule has 0 radical (unpaired) electrons. The maximum Gasteiger partial charge on any atom is 0.358 e. The van der Waals surface area contributed by atoms with Crippen molar-refractivity contribution in [2.24, 2.45) is 0 Å². The molecule has 0 saturated heterocycles. The van der Waals surface area contributed by atoms with Gasteiger partial charge in [-0.05, 0) is 44.0 Å². The Morgan fingerprint density at radius 2 is 1.93 bits per heavy atom. The fourth-order valence-corrected chi connectivity index (χ4v) is 1.14. The molecule has 2 nitrogen and oxygen atoms in total. The first kappa shape index (κ1) is 12.9. The van der Waals surface area contributed by atoms with Crippen LogP contribution >= 0.6 is 44.1 Å². The molecule has 1 rings (SSSR count). The summed E-state index contributed by atoms with van der Waals surface area (Å²) >= 11 is 10.2. The van der Waals surface area contributed by atoms with Gasteiger partial charge in [0.25, 0.3) is 3.49 Å². The topological polar surface area (TPSA) is 18.5 Å². The predicted octanol–water partition coefficient (Wildman–Crippen LogP) is 3.78. The maximum atomic E-state index is 12.9. The third-order valence-electron chi connectivity index (χ3n) is 1.30. The molecule has 1 aromatic rings. The Balaban J connectivity index is 2.38. The summed E-state index contributed by atoms with van der Waals surface area (Å²) in [5.74, 6) is 0.552. The lowest BCUT2D eigenvalue weighted by molar-refractivity contribution is 0.199. The Morgan fingerprint density at radius 1 is 1.33 bits per heavy atom. The molecular formula is C9H7Br2FO2S. The normalized spacial score (nSPS) is 10.9. The molecule has 0 aliphatic rings. The van der Waals surface area contributed by atoms with Crippen LogP contribution in [0.4, 0.5) is 4.39 Å². The third kappa shape index (κ3) is 6.06. The fourth-order valence-electron chi connectivity index (χ4n) is 0.755. The summed E-state index contributed by atoms with van der Waals surface area (Å²) in [6.07, 6.45) is 0. The first-order valence-corrected chi connectivity index (χ1v) is 5.93. The van der Waals surface area contributed by atoms with Crippen molar-refractivity contribution >= 4 is 49.3 Å². The second kappa shape index (κ2) is 5.77. The van der Waals surface area contributed by atoms with Crippen molar-refractivity contribution in [1.82, 2.24) is 0 Å². The monoisotopic (exact) mass is 356 g/mol. The van der Waals surface area contributed by atoms with Crippen molar-refractivity contribution in [3.8, 4) is 5.75 Å². The molecule has 1 aromatic carbocycles. The second-order valence-electron chi connectivity index (χ2n) is 2.57. The summed E-state index contributed by atoms with van der Waals surface area (Å²) < 4.78 is 21.1. The maximum absolute atomic E-state index is 12.9. The summed E-state index contributed by atoms with van der Waals surface area (Å²) in [6, 6.07) is 8.89. The molecule has 0 atom stereocenters. The highest BCUT2D eigenvalue weighted by molar-refractivity contribution is 9.25. The third-order valence-corrected chi connectivity index (χ3v) is 1.96. The van der Waals surface area contributed by atoms with Gasteiger partial charge in [0.05, 0.1) is 0 Å². The van der Waals surface area contributed by atoms with E-state index in [1.54, 1.807) is 24.3 Å². The lowest BCUT2D eigenvalue weighted by Crippen LogP contribution is -2.19. The largest absolute Gasteiger partial charge is 0.451 e. The lowest BCUT2D eigenvalue weighted by Gasteiger charge is -2.12. The van der Waals surface area contributed by atoms with E-state index in [0.29, 0.717) is 5.75 Å². The number of hydrogen-bond donors (Lipinski definition) is 0. The average Bonchev–Trinajstić information content (AvgIpc) is 2.15. The molecule has 0 spiro atoms. The Labute approximate surface area is 109 Å². The van der Waals surface area contributed by atoms with Crippen LogP contribution in [0, 0.1) is 0 Å². The van der Waals surface area contributed by atoms with Gasteiger partial charge in [-0.2, -0.15) is 0 Å². The number of para-hydroxylation sites is 1. The Bertz CT molecular complexity index is 327. The molecule has 82 valence electrons. The van der Waals surface area contributed by atoms with Gasteiger partial charge in [-0.3, -0.25) is 0 Å². The Morgan fingerprint density at radius 3 is 2.47 bits per heavy atom. The Kier molecular flexibility index (Phi) is 4.95. The number of ether oxygens (including phenoxy) is 2. The van der Waals surface area contributed by atoms with E-state index in [1.807, 2.05) is 6.07 Å². The predicted molar refractivity (Wildman–Crippen MR) is 67.3 cm³/mol. The van der Waals surface area contributed by atoms with E-state index >= 15 is 0 Å². The van der Waals surface area contributed by atoms with Crippen molar-refractivity contribution in [3.63, 3.8) is 0 Å². The number of thiocarbonyl (C=S) groups is 1. The first-order valence-electron chi connectivity index (χ1n) is 3.94. The summed E-state index contributed by atoms with van der Waals surface area (Å²) in [4.78, 5) is 0. The number of rotatable bonds is 3. The number of hydrogen-bond acceptors (Lipinski definition) is 3. The average molecular weight is 358 g/mol. The van der Waals surface area contributed by atoms with E-state index in [4.69, 9.17) is 21.7 Å². The van der Waals surface area contributed by atoms with Gasteiger partial charge in [-0.15, -0.1) is 0 Å². The molecule has 0 aromatic heterocycles. The molecule has 0 unspecified atom stereocenters. The summed E-state index contributed by atoms with van der Waals surface area (Å²) in [6.45, 7) is -0.279. The molecule has 0 heterocycles. The van der Waals surface area contributed by atoms with Crippen LogP contribution < -0.4 is 4.74 Å². The SMILES string of the molecule is FC(Br)(Br)COC(=S)Oc1ccccc1. The first-order chi connectivity index (χ1) is 6.97. The highest BCUT2D eigenvalue weighted by Gasteiger charge is 2.22. The summed E-state index contributed by atoms with van der Waals surface area (Å²) in [5, 5.41) is -0.123. The summed E-state index contributed by atoms with van der Waals surface area (Å²) in [5.41, 5.74) is 0. The lowest BCUT2D eigenvalue weighted by atomic mass is 10.3. The van der Waals surface area contributed by atoms with E-state index in [1.165, 1.54) is 0 Å². The molecule has 0 aliphatic heterocycles. The molecule has 15 heavy (non-hydrogen) atoms. The zero-order valence-corrected chi connectivity index (χ0v) is 11.4. The second-order valence-corrected chi connectivity index (χ2v) is 6.48. The van der Waals surface area contributed by atoms with Crippen LogP contribution in [-0.4, -0.2) is 15.3 Å². The van der Waals surface area contributed by atoms with Gasteiger partial charge in [0.1, 0.15) is 12.4 Å². The van der Waals surface area contributed by atoms with Gasteiger partial charge in [-0.1, -0.05) is 18.2 Å². The van der Waals surface area contributed by atoms with Crippen molar-refractivity contribution in [2.75, 3.05) is 6.61 Å². The number of halogens is 3. The summed E-state index contributed by atoms with van der Waals surface area (Å²) in [7, 11) is 0. The zero-order valence-electron chi connectivity index (χ0n) is 7.45. The Hall–Kier alpha value is -0.200. The smallest absolute Gasteiger partial charge is 0.358 e. The number of alkyl halides is 3. The minimum absolute atomic E-state index is 0.123. The molecule has 0 amide bonds. The molecule has 0 N–H and O–H groups in total. The van der Waals surface area contributed by atoms with Gasteiger partial charge >= 0.3 is 5.24 Å². The van der Waals surface area contributed by atoms with Crippen LogP contribution in [0.15, 0.2) is 30.3 Å².